The minimum absolute atomic E-state index is 1.04. The van der Waals surface area contributed by atoms with Crippen molar-refractivity contribution >= 4 is 17.1 Å². The fraction of sp³-hybridized carbons (Fsp3) is 0.474. The highest BCUT2D eigenvalue weighted by molar-refractivity contribution is 7.13. The summed E-state index contributed by atoms with van der Waals surface area (Å²) in [5.41, 5.74) is 2.62. The van der Waals surface area contributed by atoms with Crippen LogP contribution < -0.4 is 23.2 Å². The lowest BCUT2D eigenvalue weighted by Gasteiger charge is -2.17. The summed E-state index contributed by atoms with van der Waals surface area (Å²) in [6, 6.07) is 4.27. The Kier molecular flexibility index (Phi) is 8.81. The Bertz CT molecular complexity index is 854. The van der Waals surface area contributed by atoms with Crippen LogP contribution >= 0.6 is 11.3 Å². The Labute approximate surface area is 171 Å². The molecule has 0 aliphatic rings. The first-order valence-corrected chi connectivity index (χ1v) is 11.4. The van der Waals surface area contributed by atoms with Gasteiger partial charge in [0.25, 0.3) is 0 Å². The summed E-state index contributed by atoms with van der Waals surface area (Å²) in [5.74, 6) is 1.04. The quantitative estimate of drug-likeness (QED) is 0.378. The van der Waals surface area contributed by atoms with Crippen molar-refractivity contribution in [3.8, 4) is 10.6 Å². The molecule has 0 fully saturated rings. The molecule has 0 saturated carbocycles. The number of unbranched alkanes of at least 4 members (excludes halogenated alkanes) is 5. The Balaban J connectivity index is 0.000000500. The summed E-state index contributed by atoms with van der Waals surface area (Å²) in [7, 11) is -4.94. The van der Waals surface area contributed by atoms with E-state index >= 15 is 0 Å². The van der Waals surface area contributed by atoms with Gasteiger partial charge in [0.2, 0.25) is 0 Å². The van der Waals surface area contributed by atoms with Gasteiger partial charge >= 0.3 is 5.78 Å². The van der Waals surface area contributed by atoms with E-state index in [0.717, 1.165) is 12.3 Å². The van der Waals surface area contributed by atoms with Crippen LogP contribution in [0.15, 0.2) is 36.1 Å². The highest BCUT2D eigenvalue weighted by Gasteiger charge is 2.19. The monoisotopic (exact) mass is 427 g/mol. The molecule has 0 radical (unpaired) electrons. The van der Waals surface area contributed by atoms with Gasteiger partial charge in [-0.2, -0.15) is 0 Å². The Morgan fingerprint density at radius 2 is 1.79 bits per heavy atom. The number of nitrogens with zero attached hydrogens (tertiary/aromatic N) is 3. The molecule has 3 aromatic heterocycles. The van der Waals surface area contributed by atoms with E-state index in [4.69, 9.17) is 18.6 Å². The highest BCUT2D eigenvalue weighted by atomic mass is 35.7. The summed E-state index contributed by atoms with van der Waals surface area (Å²) >= 11 is 1.82. The van der Waals surface area contributed by atoms with Crippen LogP contribution in [0.1, 0.15) is 51.0 Å². The fourth-order valence-corrected chi connectivity index (χ4v) is 3.94. The molecule has 0 bridgehead atoms. The highest BCUT2D eigenvalue weighted by Crippen LogP contribution is 2.25. The van der Waals surface area contributed by atoms with Gasteiger partial charge in [0.15, 0.2) is 5.69 Å². The van der Waals surface area contributed by atoms with Crippen molar-refractivity contribution in [1.29, 1.82) is 0 Å². The molecular weight excluding hydrogens is 402 g/mol. The molecule has 28 heavy (non-hydrogen) atoms. The van der Waals surface area contributed by atoms with Crippen molar-refractivity contribution in [1.82, 2.24) is 9.38 Å². The van der Waals surface area contributed by atoms with E-state index in [1.165, 1.54) is 54.7 Å². The van der Waals surface area contributed by atoms with Crippen LogP contribution in [0.25, 0.3) is 16.3 Å². The van der Waals surface area contributed by atoms with E-state index in [0.29, 0.717) is 0 Å². The molecule has 0 unspecified atom stereocenters. The molecule has 0 aliphatic heterocycles. The number of halogens is 1. The third kappa shape index (κ3) is 7.46. The second kappa shape index (κ2) is 10.8. The Morgan fingerprint density at radius 1 is 1.11 bits per heavy atom. The normalized spacial score (nSPS) is 11.5. The molecule has 0 N–H and O–H groups in total. The minimum atomic E-state index is -4.94. The third-order valence-corrected chi connectivity index (χ3v) is 5.34. The average molecular weight is 428 g/mol. The number of hydrogen-bond acceptors (Lipinski definition) is 6. The van der Waals surface area contributed by atoms with Gasteiger partial charge in [-0.15, -0.1) is 21.6 Å². The fourth-order valence-electron chi connectivity index (χ4n) is 3.03. The Hall–Kier alpha value is -1.55. The molecule has 3 aromatic rings. The number of thiophene rings is 1. The van der Waals surface area contributed by atoms with Crippen LogP contribution in [0.4, 0.5) is 0 Å². The molecule has 0 amide bonds. The maximum absolute atomic E-state index is 8.49. The van der Waals surface area contributed by atoms with Crippen molar-refractivity contribution < 1.29 is 33.4 Å². The van der Waals surface area contributed by atoms with E-state index in [1.54, 1.807) is 0 Å². The van der Waals surface area contributed by atoms with Crippen LogP contribution in [-0.2, 0) is 6.54 Å². The average Bonchev–Trinajstić information content (AvgIpc) is 3.20. The molecule has 3 heterocycles. The Morgan fingerprint density at radius 3 is 2.43 bits per heavy atom. The molecule has 7 nitrogen and oxygen atoms in total. The van der Waals surface area contributed by atoms with Gasteiger partial charge in [-0.05, 0) is 30.4 Å². The maximum Gasteiger partial charge on any atom is 0.403 e. The topological polar surface area (TPSA) is 113 Å². The number of imidazole rings is 1. The zero-order chi connectivity index (χ0) is 20.6. The minimum Gasteiger partial charge on any atom is -0.224 e. The molecule has 0 saturated heterocycles. The molecule has 3 rings (SSSR count). The number of hydrogen-bond donors (Lipinski definition) is 0. The van der Waals surface area contributed by atoms with Gasteiger partial charge in [-0.25, -0.2) is 27.6 Å². The summed E-state index contributed by atoms with van der Waals surface area (Å²) in [6.45, 7) is 5.47. The summed E-state index contributed by atoms with van der Waals surface area (Å²) in [4.78, 5) is 5.93. The van der Waals surface area contributed by atoms with Gasteiger partial charge in [0.05, 0.1) is 17.6 Å². The lowest BCUT2D eigenvalue weighted by Crippen LogP contribution is -2.68. The van der Waals surface area contributed by atoms with Crippen molar-refractivity contribution in [3.05, 3.63) is 41.7 Å². The first-order chi connectivity index (χ1) is 13.3. The number of aromatic nitrogens is 3. The summed E-state index contributed by atoms with van der Waals surface area (Å²) in [6.07, 6.45) is 14.1. The van der Waals surface area contributed by atoms with Crippen LogP contribution in [-0.4, -0.2) is 9.38 Å². The second-order valence-corrected chi connectivity index (χ2v) is 8.29. The van der Waals surface area contributed by atoms with Crippen LogP contribution in [0, 0.1) is 17.2 Å². The maximum atomic E-state index is 8.49. The van der Waals surface area contributed by atoms with Gasteiger partial charge in [0.1, 0.15) is 12.4 Å². The van der Waals surface area contributed by atoms with Gasteiger partial charge < -0.3 is 0 Å². The third-order valence-electron chi connectivity index (χ3n) is 4.27. The SMILES string of the molecule is CCCCCCCC[n+]1c(-c2cc(C)cs2)cn2cccnc21.[O-][Cl+3]([O-])([O-])[O-]. The van der Waals surface area contributed by atoms with E-state index < -0.39 is 10.2 Å². The van der Waals surface area contributed by atoms with E-state index in [2.05, 4.69) is 51.6 Å². The summed E-state index contributed by atoms with van der Waals surface area (Å²) in [5, 5.41) is 2.22. The van der Waals surface area contributed by atoms with Crippen molar-refractivity contribution in [3.63, 3.8) is 0 Å². The number of fused-ring (bicyclic) bond motifs is 1. The number of rotatable bonds is 8. The molecule has 9 heteroatoms. The van der Waals surface area contributed by atoms with E-state index in [1.807, 2.05) is 23.6 Å². The van der Waals surface area contributed by atoms with Crippen molar-refractivity contribution in [2.45, 2.75) is 58.9 Å². The molecular formula is C19H26ClN3O4S. The standard InChI is InChI=1S/C19H26N3S.ClHO4/c1-3-4-5-6-7-8-12-22-17(18-13-16(2)15-23-18)14-21-11-9-10-20-19(21)22;2-1(3,4)5/h9-11,13-15H,3-8,12H2,1-2H3;(H,2,3,4,5)/q+1;/p-1. The van der Waals surface area contributed by atoms with Crippen LogP contribution in [0.3, 0.4) is 0 Å². The van der Waals surface area contributed by atoms with E-state index in [-0.39, 0.29) is 0 Å². The lowest BCUT2D eigenvalue weighted by atomic mass is 10.1. The van der Waals surface area contributed by atoms with Crippen LogP contribution in [0.5, 0.6) is 0 Å². The molecule has 154 valence electrons. The van der Waals surface area contributed by atoms with Crippen molar-refractivity contribution in [2.24, 2.45) is 0 Å². The smallest absolute Gasteiger partial charge is 0.224 e. The van der Waals surface area contributed by atoms with Crippen LogP contribution in [0.2, 0.25) is 0 Å². The van der Waals surface area contributed by atoms with Gasteiger partial charge in [-0.3, -0.25) is 0 Å². The largest absolute Gasteiger partial charge is 0.403 e. The molecule has 0 spiro atoms. The lowest BCUT2D eigenvalue weighted by molar-refractivity contribution is -2.00. The van der Waals surface area contributed by atoms with Gasteiger partial charge in [0, 0.05) is 6.07 Å². The predicted molar refractivity (Wildman–Crippen MR) is 96.8 cm³/mol. The molecule has 0 atom stereocenters. The first-order valence-electron chi connectivity index (χ1n) is 9.32. The summed E-state index contributed by atoms with van der Waals surface area (Å²) < 4.78 is 38.5. The van der Waals surface area contributed by atoms with E-state index in [9.17, 15) is 0 Å². The predicted octanol–water partition coefficient (Wildman–Crippen LogP) is 0.263. The first kappa shape index (κ1) is 22.7. The number of aryl methyl sites for hydroxylation is 2. The van der Waals surface area contributed by atoms with Crippen molar-refractivity contribution in [2.75, 3.05) is 0 Å². The zero-order valence-corrected chi connectivity index (χ0v) is 17.7. The second-order valence-electron chi connectivity index (χ2n) is 6.63. The molecule has 0 aromatic carbocycles. The van der Waals surface area contributed by atoms with Gasteiger partial charge in [-0.1, -0.05) is 44.0 Å². The molecule has 0 aliphatic carbocycles. The zero-order valence-electron chi connectivity index (χ0n) is 16.2.